The van der Waals surface area contributed by atoms with Gasteiger partial charge in [0.1, 0.15) is 5.15 Å². The monoisotopic (exact) mass is 445 g/mol. The van der Waals surface area contributed by atoms with Gasteiger partial charge in [0.25, 0.3) is 0 Å². The molecule has 31 heavy (non-hydrogen) atoms. The summed E-state index contributed by atoms with van der Waals surface area (Å²) in [4.78, 5) is 17.9. The van der Waals surface area contributed by atoms with Gasteiger partial charge in [0.15, 0.2) is 0 Å². The molecule has 6 nitrogen and oxygen atoms in total. The molecule has 7 heteroatoms. The van der Waals surface area contributed by atoms with E-state index in [2.05, 4.69) is 47.2 Å². The molecule has 0 saturated carbocycles. The maximum atomic E-state index is 11.2. The number of benzene rings is 1. The van der Waals surface area contributed by atoms with Crippen molar-refractivity contribution in [1.82, 2.24) is 4.98 Å². The predicted octanol–water partition coefficient (Wildman–Crippen LogP) is 5.70. The van der Waals surface area contributed by atoms with Gasteiger partial charge >= 0.3 is 5.97 Å². The summed E-state index contributed by atoms with van der Waals surface area (Å²) in [7, 11) is 0. The topological polar surface area (TPSA) is 74.7 Å². The first-order valence-corrected chi connectivity index (χ1v) is 11.3. The summed E-state index contributed by atoms with van der Waals surface area (Å²) in [5.41, 5.74) is 3.89. The Morgan fingerprint density at radius 2 is 2.00 bits per heavy atom. The van der Waals surface area contributed by atoms with Crippen LogP contribution in [0.2, 0.25) is 5.15 Å². The van der Waals surface area contributed by atoms with E-state index in [-0.39, 0.29) is 12.3 Å². The maximum absolute atomic E-state index is 11.2. The maximum Gasteiger partial charge on any atom is 0.303 e. The Balaban J connectivity index is 2.00. The van der Waals surface area contributed by atoms with Crippen molar-refractivity contribution < 1.29 is 14.6 Å². The first-order valence-electron chi connectivity index (χ1n) is 10.9. The van der Waals surface area contributed by atoms with E-state index in [1.807, 2.05) is 13.0 Å². The molecule has 168 valence electrons. The standard InChI is InChI=1S/C24H32ClN3O3/c1-16(2)15-28(20-8-10-31-11-9-20)22-6-4-18(17(3)12-24(29)30)13-21(22)27-19-5-7-23(25)26-14-19/h4-7,13-14,16-17,20,27H,8-12,15H2,1-3H3,(H,29,30)/t17-/m1/s1. The number of hydrogen-bond acceptors (Lipinski definition) is 5. The first-order chi connectivity index (χ1) is 14.8. The Bertz CT molecular complexity index is 867. The van der Waals surface area contributed by atoms with Crippen molar-refractivity contribution in [1.29, 1.82) is 0 Å². The summed E-state index contributed by atoms with van der Waals surface area (Å²) in [6, 6.07) is 10.3. The molecule has 1 aliphatic rings. The van der Waals surface area contributed by atoms with Crippen LogP contribution in [0.4, 0.5) is 17.1 Å². The van der Waals surface area contributed by atoms with Crippen molar-refractivity contribution in [3.05, 3.63) is 47.2 Å². The van der Waals surface area contributed by atoms with Crippen LogP contribution in [-0.4, -0.2) is 41.9 Å². The van der Waals surface area contributed by atoms with E-state index >= 15 is 0 Å². The zero-order chi connectivity index (χ0) is 22.4. The lowest BCUT2D eigenvalue weighted by molar-refractivity contribution is -0.137. The zero-order valence-electron chi connectivity index (χ0n) is 18.5. The van der Waals surface area contributed by atoms with Crippen LogP contribution in [0, 0.1) is 5.92 Å². The van der Waals surface area contributed by atoms with E-state index in [0.717, 1.165) is 55.2 Å². The number of aromatic nitrogens is 1. The minimum atomic E-state index is -0.795. The third kappa shape index (κ3) is 6.58. The highest BCUT2D eigenvalue weighted by atomic mass is 35.5. The van der Waals surface area contributed by atoms with Crippen molar-refractivity contribution in [3.63, 3.8) is 0 Å². The molecule has 0 spiro atoms. The largest absolute Gasteiger partial charge is 0.481 e. The van der Waals surface area contributed by atoms with Gasteiger partial charge < -0.3 is 20.1 Å². The molecule has 0 aliphatic carbocycles. The Morgan fingerprint density at radius 3 is 2.61 bits per heavy atom. The molecule has 1 aromatic carbocycles. The molecule has 0 unspecified atom stereocenters. The zero-order valence-corrected chi connectivity index (χ0v) is 19.2. The van der Waals surface area contributed by atoms with Crippen LogP contribution < -0.4 is 10.2 Å². The smallest absolute Gasteiger partial charge is 0.303 e. The average Bonchev–Trinajstić information content (AvgIpc) is 2.74. The Morgan fingerprint density at radius 1 is 1.26 bits per heavy atom. The van der Waals surface area contributed by atoms with E-state index in [1.165, 1.54) is 0 Å². The van der Waals surface area contributed by atoms with Gasteiger partial charge in [-0.2, -0.15) is 0 Å². The number of pyridine rings is 1. The highest BCUT2D eigenvalue weighted by Crippen LogP contribution is 2.36. The normalized spacial score (nSPS) is 15.6. The highest BCUT2D eigenvalue weighted by molar-refractivity contribution is 6.29. The van der Waals surface area contributed by atoms with Gasteiger partial charge in [-0.25, -0.2) is 4.98 Å². The fourth-order valence-electron chi connectivity index (χ4n) is 4.03. The Labute approximate surface area is 189 Å². The number of rotatable bonds is 9. The second kappa shape index (κ2) is 10.8. The van der Waals surface area contributed by atoms with E-state index in [1.54, 1.807) is 12.3 Å². The van der Waals surface area contributed by atoms with Gasteiger partial charge in [-0.15, -0.1) is 0 Å². The van der Waals surface area contributed by atoms with Crippen molar-refractivity contribution in [2.45, 2.75) is 52.0 Å². The first kappa shape index (κ1) is 23.4. The predicted molar refractivity (Wildman–Crippen MR) is 126 cm³/mol. The number of nitrogens with one attached hydrogen (secondary N) is 1. The van der Waals surface area contributed by atoms with E-state index < -0.39 is 5.97 Å². The van der Waals surface area contributed by atoms with Crippen LogP contribution in [0.3, 0.4) is 0 Å². The number of halogens is 1. The number of hydrogen-bond donors (Lipinski definition) is 2. The van der Waals surface area contributed by atoms with Crippen molar-refractivity contribution in [2.75, 3.05) is 30.0 Å². The molecular formula is C24H32ClN3O3. The lowest BCUT2D eigenvalue weighted by atomic mass is 9.95. The van der Waals surface area contributed by atoms with Gasteiger partial charge in [-0.1, -0.05) is 38.4 Å². The third-order valence-electron chi connectivity index (χ3n) is 5.58. The lowest BCUT2D eigenvalue weighted by Gasteiger charge is -2.38. The summed E-state index contributed by atoms with van der Waals surface area (Å²) >= 11 is 5.96. The minimum absolute atomic E-state index is 0.0860. The number of anilines is 3. The molecule has 2 heterocycles. The highest BCUT2D eigenvalue weighted by Gasteiger charge is 2.25. The molecule has 1 fully saturated rings. The van der Waals surface area contributed by atoms with Crippen LogP contribution in [0.1, 0.15) is 51.5 Å². The molecular weight excluding hydrogens is 414 g/mol. The molecule has 1 saturated heterocycles. The number of carbonyl (C=O) groups is 1. The number of ether oxygens (including phenoxy) is 1. The summed E-state index contributed by atoms with van der Waals surface area (Å²) in [5.74, 6) is -0.382. The summed E-state index contributed by atoms with van der Waals surface area (Å²) in [6.07, 6.45) is 3.79. The molecule has 0 amide bonds. The van der Waals surface area contributed by atoms with Gasteiger partial charge in [0, 0.05) is 25.8 Å². The third-order valence-corrected chi connectivity index (χ3v) is 5.80. The molecule has 1 atom stereocenters. The van der Waals surface area contributed by atoms with Gasteiger partial charge in [-0.3, -0.25) is 4.79 Å². The Hall–Kier alpha value is -2.31. The van der Waals surface area contributed by atoms with Crippen LogP contribution >= 0.6 is 11.6 Å². The van der Waals surface area contributed by atoms with Gasteiger partial charge in [0.05, 0.1) is 29.7 Å². The number of aliphatic carboxylic acids is 1. The van der Waals surface area contributed by atoms with Crippen LogP contribution in [0.15, 0.2) is 36.5 Å². The van der Waals surface area contributed by atoms with E-state index in [0.29, 0.717) is 17.1 Å². The van der Waals surface area contributed by atoms with Crippen LogP contribution in [0.25, 0.3) is 0 Å². The van der Waals surface area contributed by atoms with E-state index in [4.69, 9.17) is 16.3 Å². The quantitative estimate of drug-likeness (QED) is 0.482. The lowest BCUT2D eigenvalue weighted by Crippen LogP contribution is -2.42. The minimum Gasteiger partial charge on any atom is -0.481 e. The van der Waals surface area contributed by atoms with Crippen molar-refractivity contribution >= 4 is 34.6 Å². The number of carboxylic acid groups (broad SMARTS) is 1. The molecule has 0 bridgehead atoms. The molecule has 3 rings (SSSR count). The van der Waals surface area contributed by atoms with Crippen LogP contribution in [0.5, 0.6) is 0 Å². The molecule has 2 aromatic rings. The second-order valence-electron chi connectivity index (χ2n) is 8.66. The van der Waals surface area contributed by atoms with Crippen LogP contribution in [-0.2, 0) is 9.53 Å². The SMILES string of the molecule is CC(C)CN(c1ccc([C@H](C)CC(=O)O)cc1Nc1ccc(Cl)nc1)C1CCOCC1. The summed E-state index contributed by atoms with van der Waals surface area (Å²) in [5, 5.41) is 13.2. The Kier molecular flexibility index (Phi) is 8.15. The van der Waals surface area contributed by atoms with E-state index in [9.17, 15) is 9.90 Å². The summed E-state index contributed by atoms with van der Waals surface area (Å²) in [6.45, 7) is 8.88. The van der Waals surface area contributed by atoms with Crippen molar-refractivity contribution in [3.8, 4) is 0 Å². The molecule has 0 radical (unpaired) electrons. The fourth-order valence-corrected chi connectivity index (χ4v) is 4.14. The molecule has 1 aliphatic heterocycles. The van der Waals surface area contributed by atoms with Gasteiger partial charge in [-0.05, 0) is 54.5 Å². The average molecular weight is 446 g/mol. The fraction of sp³-hybridized carbons (Fsp3) is 0.500. The number of nitrogens with zero attached hydrogens (tertiary/aromatic N) is 2. The van der Waals surface area contributed by atoms with Crippen molar-refractivity contribution in [2.24, 2.45) is 5.92 Å². The van der Waals surface area contributed by atoms with Gasteiger partial charge in [0.2, 0.25) is 0 Å². The molecule has 1 aromatic heterocycles. The summed E-state index contributed by atoms with van der Waals surface area (Å²) < 4.78 is 5.60. The molecule has 2 N–H and O–H groups in total. The number of carboxylic acids is 1. The second-order valence-corrected chi connectivity index (χ2v) is 9.05.